The Morgan fingerprint density at radius 1 is 1.56 bits per heavy atom. The molecule has 0 aliphatic rings. The molecule has 5 nitrogen and oxygen atoms in total. The minimum absolute atomic E-state index is 0.0682. The number of pyridine rings is 1. The van der Waals surface area contributed by atoms with Crippen LogP contribution in [-0.4, -0.2) is 33.0 Å². The lowest BCUT2D eigenvalue weighted by Crippen LogP contribution is -2.17. The fourth-order valence-electron chi connectivity index (χ4n) is 1.70. The van der Waals surface area contributed by atoms with E-state index in [0.717, 1.165) is 16.3 Å². The fourth-order valence-corrected chi connectivity index (χ4v) is 2.97. The maximum absolute atomic E-state index is 8.93. The molecular weight excluding hydrogens is 250 g/mol. The van der Waals surface area contributed by atoms with E-state index in [1.54, 1.807) is 11.8 Å². The van der Waals surface area contributed by atoms with Crippen LogP contribution in [0.4, 0.5) is 0 Å². The average Bonchev–Trinajstić information content (AvgIpc) is 2.27. The van der Waals surface area contributed by atoms with Crippen LogP contribution in [-0.2, 0) is 0 Å². The zero-order valence-electron chi connectivity index (χ0n) is 10.8. The molecule has 100 valence electrons. The van der Waals surface area contributed by atoms with Crippen LogP contribution >= 0.6 is 11.8 Å². The van der Waals surface area contributed by atoms with Crippen molar-refractivity contribution < 1.29 is 10.3 Å². The summed E-state index contributed by atoms with van der Waals surface area (Å²) in [5, 5.41) is 21.1. The Labute approximate surface area is 111 Å². The molecule has 1 rings (SSSR count). The highest BCUT2D eigenvalue weighted by Crippen LogP contribution is 2.30. The van der Waals surface area contributed by atoms with Crippen LogP contribution < -0.4 is 5.73 Å². The third-order valence-corrected chi connectivity index (χ3v) is 3.73. The molecule has 0 aliphatic heterocycles. The van der Waals surface area contributed by atoms with E-state index in [2.05, 4.69) is 10.1 Å². The van der Waals surface area contributed by atoms with E-state index in [-0.39, 0.29) is 17.7 Å². The van der Waals surface area contributed by atoms with Gasteiger partial charge < -0.3 is 16.0 Å². The topological polar surface area (TPSA) is 91.7 Å². The van der Waals surface area contributed by atoms with Gasteiger partial charge in [0.1, 0.15) is 0 Å². The molecule has 1 aromatic rings. The zero-order valence-corrected chi connectivity index (χ0v) is 11.7. The van der Waals surface area contributed by atoms with Crippen molar-refractivity contribution in [1.82, 2.24) is 4.98 Å². The molecule has 0 aliphatic carbocycles. The number of oxime groups is 1. The molecule has 0 amide bonds. The number of thioether (sulfide) groups is 1. The summed E-state index contributed by atoms with van der Waals surface area (Å²) < 4.78 is 0. The minimum Gasteiger partial charge on any atom is -0.409 e. The van der Waals surface area contributed by atoms with Crippen molar-refractivity contribution in [2.24, 2.45) is 10.9 Å². The van der Waals surface area contributed by atoms with Crippen LogP contribution in [0.3, 0.4) is 0 Å². The van der Waals surface area contributed by atoms with Gasteiger partial charge in [0, 0.05) is 28.1 Å². The number of rotatable bonds is 5. The summed E-state index contributed by atoms with van der Waals surface area (Å²) in [4.78, 5) is 5.25. The first-order valence-electron chi connectivity index (χ1n) is 5.73. The number of hydrogen-bond acceptors (Lipinski definition) is 5. The Morgan fingerprint density at radius 2 is 2.22 bits per heavy atom. The van der Waals surface area contributed by atoms with Crippen LogP contribution in [0.1, 0.15) is 30.3 Å². The Hall–Kier alpha value is -1.27. The molecule has 6 heteroatoms. The Balaban J connectivity index is 3.15. The lowest BCUT2D eigenvalue weighted by Gasteiger charge is -2.15. The number of amidine groups is 1. The number of nitrogens with zero attached hydrogens (tertiary/aromatic N) is 2. The SMILES string of the molecule is Cc1cc(SC(C)CCO)c(/C(N)=N/O)c(C)n1. The second-order valence-electron chi connectivity index (χ2n) is 4.15. The number of aryl methyl sites for hydroxylation is 2. The molecular formula is C12H19N3O2S. The van der Waals surface area contributed by atoms with E-state index in [0.29, 0.717) is 12.0 Å². The fraction of sp³-hybridized carbons (Fsp3) is 0.500. The van der Waals surface area contributed by atoms with Crippen molar-refractivity contribution in [3.63, 3.8) is 0 Å². The van der Waals surface area contributed by atoms with Gasteiger partial charge in [0.2, 0.25) is 0 Å². The monoisotopic (exact) mass is 269 g/mol. The van der Waals surface area contributed by atoms with Crippen molar-refractivity contribution in [2.45, 2.75) is 37.3 Å². The first-order valence-corrected chi connectivity index (χ1v) is 6.61. The van der Waals surface area contributed by atoms with Gasteiger partial charge in [-0.05, 0) is 26.3 Å². The highest BCUT2D eigenvalue weighted by molar-refractivity contribution is 8.00. The number of aliphatic hydroxyl groups excluding tert-OH is 1. The van der Waals surface area contributed by atoms with Crippen molar-refractivity contribution >= 4 is 17.6 Å². The quantitative estimate of drug-likeness (QED) is 0.248. The Morgan fingerprint density at radius 3 is 2.78 bits per heavy atom. The van der Waals surface area contributed by atoms with Gasteiger partial charge in [0.15, 0.2) is 5.84 Å². The highest BCUT2D eigenvalue weighted by atomic mass is 32.2. The van der Waals surface area contributed by atoms with Crippen LogP contribution in [0, 0.1) is 13.8 Å². The van der Waals surface area contributed by atoms with Gasteiger partial charge >= 0.3 is 0 Å². The molecule has 4 N–H and O–H groups in total. The zero-order chi connectivity index (χ0) is 13.7. The van der Waals surface area contributed by atoms with Crippen molar-refractivity contribution in [3.05, 3.63) is 23.0 Å². The van der Waals surface area contributed by atoms with Gasteiger partial charge in [0.25, 0.3) is 0 Å². The Bertz CT molecular complexity index is 449. The molecule has 0 fully saturated rings. The predicted octanol–water partition coefficient (Wildman–Crippen LogP) is 1.66. The number of nitrogens with two attached hydrogens (primary N) is 1. The van der Waals surface area contributed by atoms with Gasteiger partial charge in [-0.25, -0.2) is 0 Å². The molecule has 1 unspecified atom stereocenters. The molecule has 1 heterocycles. The molecule has 0 saturated carbocycles. The van der Waals surface area contributed by atoms with Gasteiger partial charge in [-0.3, -0.25) is 4.98 Å². The average molecular weight is 269 g/mol. The molecule has 18 heavy (non-hydrogen) atoms. The number of aromatic nitrogens is 1. The highest BCUT2D eigenvalue weighted by Gasteiger charge is 2.15. The summed E-state index contributed by atoms with van der Waals surface area (Å²) in [5.41, 5.74) is 7.99. The molecule has 0 radical (unpaired) electrons. The smallest absolute Gasteiger partial charge is 0.173 e. The first-order chi connectivity index (χ1) is 8.49. The van der Waals surface area contributed by atoms with E-state index in [4.69, 9.17) is 16.0 Å². The predicted molar refractivity (Wildman–Crippen MR) is 73.2 cm³/mol. The number of hydrogen-bond donors (Lipinski definition) is 3. The number of aliphatic hydroxyl groups is 1. The van der Waals surface area contributed by atoms with E-state index >= 15 is 0 Å². The maximum Gasteiger partial charge on any atom is 0.173 e. The van der Waals surface area contributed by atoms with E-state index in [1.807, 2.05) is 26.8 Å². The molecule has 0 bridgehead atoms. The van der Waals surface area contributed by atoms with Gasteiger partial charge in [0.05, 0.1) is 5.56 Å². The lowest BCUT2D eigenvalue weighted by molar-refractivity contribution is 0.289. The summed E-state index contributed by atoms with van der Waals surface area (Å²) in [5.74, 6) is 0.0682. The van der Waals surface area contributed by atoms with Gasteiger partial charge in [-0.1, -0.05) is 12.1 Å². The molecule has 1 atom stereocenters. The third-order valence-electron chi connectivity index (χ3n) is 2.52. The molecule has 0 saturated heterocycles. The summed E-state index contributed by atoms with van der Waals surface area (Å²) in [6.07, 6.45) is 0.695. The molecule has 0 aromatic carbocycles. The van der Waals surface area contributed by atoms with Gasteiger partial charge in [-0.15, -0.1) is 11.8 Å². The second-order valence-corrected chi connectivity index (χ2v) is 5.63. The largest absolute Gasteiger partial charge is 0.409 e. The summed E-state index contributed by atoms with van der Waals surface area (Å²) in [7, 11) is 0. The molecule has 0 spiro atoms. The summed E-state index contributed by atoms with van der Waals surface area (Å²) in [6, 6.07) is 1.92. The van der Waals surface area contributed by atoms with Crippen LogP contribution in [0.15, 0.2) is 16.1 Å². The summed E-state index contributed by atoms with van der Waals surface area (Å²) >= 11 is 1.59. The van der Waals surface area contributed by atoms with Crippen molar-refractivity contribution in [1.29, 1.82) is 0 Å². The normalized spacial score (nSPS) is 13.7. The third kappa shape index (κ3) is 3.61. The molecule has 1 aromatic heterocycles. The van der Waals surface area contributed by atoms with E-state index in [1.165, 1.54) is 0 Å². The minimum atomic E-state index is 0.0682. The standard InChI is InChI=1S/C12H19N3O2S/c1-7-6-10(18-8(2)4-5-16)11(9(3)14-7)12(13)15-17/h6,8,16-17H,4-5H2,1-3H3,(H2,13,15). The van der Waals surface area contributed by atoms with Crippen LogP contribution in [0.25, 0.3) is 0 Å². The van der Waals surface area contributed by atoms with Crippen molar-refractivity contribution in [2.75, 3.05) is 6.61 Å². The Kier molecular flexibility index (Phi) is 5.43. The van der Waals surface area contributed by atoms with Crippen LogP contribution in [0.5, 0.6) is 0 Å². The van der Waals surface area contributed by atoms with Crippen molar-refractivity contribution in [3.8, 4) is 0 Å². The first kappa shape index (κ1) is 14.8. The second kappa shape index (κ2) is 6.61. The maximum atomic E-state index is 8.93. The van der Waals surface area contributed by atoms with Gasteiger partial charge in [-0.2, -0.15) is 0 Å². The van der Waals surface area contributed by atoms with E-state index < -0.39 is 0 Å². The lowest BCUT2D eigenvalue weighted by atomic mass is 10.1. The van der Waals surface area contributed by atoms with Crippen LogP contribution in [0.2, 0.25) is 0 Å². The van der Waals surface area contributed by atoms with E-state index in [9.17, 15) is 0 Å². The summed E-state index contributed by atoms with van der Waals surface area (Å²) in [6.45, 7) is 5.92.